The minimum atomic E-state index is 0.0545. The number of carbonyl (C=O) groups excluding carboxylic acids is 2. The van der Waals surface area contributed by atoms with E-state index in [1.165, 1.54) is 37.2 Å². The normalized spacial score (nSPS) is 18.1. The first-order chi connectivity index (χ1) is 12.0. The smallest absolute Gasteiger partial charge is 0.263 e. The number of hydrogen-bond acceptors (Lipinski definition) is 4. The Hall–Kier alpha value is -1.40. The number of fused-ring (bicyclic) bond motifs is 1. The van der Waals surface area contributed by atoms with E-state index in [1.807, 2.05) is 11.0 Å². The molecule has 6 heteroatoms. The zero-order chi connectivity index (χ0) is 17.8. The Labute approximate surface area is 154 Å². The molecular formula is C19H29N3O2S. The third kappa shape index (κ3) is 4.61. The van der Waals surface area contributed by atoms with E-state index in [0.717, 1.165) is 36.4 Å². The van der Waals surface area contributed by atoms with Gasteiger partial charge in [-0.15, -0.1) is 11.3 Å². The van der Waals surface area contributed by atoms with E-state index in [2.05, 4.69) is 4.90 Å². The van der Waals surface area contributed by atoms with Gasteiger partial charge in [0.2, 0.25) is 5.91 Å². The number of rotatable bonds is 5. The molecule has 0 spiro atoms. The Morgan fingerprint density at radius 2 is 1.92 bits per heavy atom. The van der Waals surface area contributed by atoms with Crippen LogP contribution in [0.4, 0.5) is 0 Å². The third-order valence-electron chi connectivity index (χ3n) is 5.15. The predicted molar refractivity (Wildman–Crippen MR) is 101 cm³/mol. The second-order valence-corrected chi connectivity index (χ2v) is 8.47. The Balaban J connectivity index is 1.49. The van der Waals surface area contributed by atoms with Gasteiger partial charge in [0.25, 0.3) is 5.91 Å². The summed E-state index contributed by atoms with van der Waals surface area (Å²) in [7, 11) is 3.55. The van der Waals surface area contributed by atoms with Crippen molar-refractivity contribution in [2.75, 3.05) is 40.3 Å². The van der Waals surface area contributed by atoms with Crippen molar-refractivity contribution in [2.24, 2.45) is 0 Å². The summed E-state index contributed by atoms with van der Waals surface area (Å²) >= 11 is 1.59. The molecule has 0 saturated carbocycles. The van der Waals surface area contributed by atoms with Crippen molar-refractivity contribution in [1.82, 2.24) is 14.7 Å². The second-order valence-electron chi connectivity index (χ2n) is 7.33. The van der Waals surface area contributed by atoms with Gasteiger partial charge in [-0.2, -0.15) is 0 Å². The fraction of sp³-hybridized carbons (Fsp3) is 0.684. The fourth-order valence-electron chi connectivity index (χ4n) is 3.67. The number of carbonyl (C=O) groups is 2. The van der Waals surface area contributed by atoms with E-state index >= 15 is 0 Å². The van der Waals surface area contributed by atoms with Gasteiger partial charge in [-0.05, 0) is 56.9 Å². The van der Waals surface area contributed by atoms with Crippen molar-refractivity contribution in [3.8, 4) is 0 Å². The van der Waals surface area contributed by atoms with Crippen LogP contribution in [0.1, 0.15) is 52.2 Å². The molecule has 1 fully saturated rings. The van der Waals surface area contributed by atoms with Gasteiger partial charge >= 0.3 is 0 Å². The van der Waals surface area contributed by atoms with Gasteiger partial charge in [-0.25, -0.2) is 0 Å². The number of amides is 2. The van der Waals surface area contributed by atoms with Crippen LogP contribution in [0, 0.1) is 0 Å². The lowest BCUT2D eigenvalue weighted by Crippen LogP contribution is -2.36. The van der Waals surface area contributed by atoms with Gasteiger partial charge in [-0.3, -0.25) is 9.59 Å². The molecule has 0 bridgehead atoms. The molecule has 2 aliphatic heterocycles. The molecule has 5 nitrogen and oxygen atoms in total. The van der Waals surface area contributed by atoms with Crippen LogP contribution in [-0.4, -0.2) is 66.8 Å². The Kier molecular flexibility index (Phi) is 6.12. The highest BCUT2D eigenvalue weighted by atomic mass is 32.1. The molecule has 0 atom stereocenters. The topological polar surface area (TPSA) is 43.9 Å². The minimum Gasteiger partial charge on any atom is -0.344 e. The highest BCUT2D eigenvalue weighted by molar-refractivity contribution is 7.14. The van der Waals surface area contributed by atoms with Crippen molar-refractivity contribution in [3.63, 3.8) is 0 Å². The van der Waals surface area contributed by atoms with Crippen LogP contribution in [-0.2, 0) is 17.8 Å². The van der Waals surface area contributed by atoms with Crippen LogP contribution in [0.15, 0.2) is 6.07 Å². The van der Waals surface area contributed by atoms with Gasteiger partial charge in [-0.1, -0.05) is 6.42 Å². The van der Waals surface area contributed by atoms with Crippen LogP contribution in [0.3, 0.4) is 0 Å². The molecule has 0 aliphatic carbocycles. The summed E-state index contributed by atoms with van der Waals surface area (Å²) in [5.41, 5.74) is 1.16. The molecule has 138 valence electrons. The van der Waals surface area contributed by atoms with Gasteiger partial charge in [0, 0.05) is 38.5 Å². The largest absolute Gasteiger partial charge is 0.344 e. The summed E-state index contributed by atoms with van der Waals surface area (Å²) in [5.74, 6) is 0.313. The van der Waals surface area contributed by atoms with Gasteiger partial charge in [0.05, 0.1) is 4.88 Å². The maximum Gasteiger partial charge on any atom is 0.263 e. The van der Waals surface area contributed by atoms with Crippen molar-refractivity contribution in [1.29, 1.82) is 0 Å². The van der Waals surface area contributed by atoms with Crippen molar-refractivity contribution in [2.45, 2.75) is 45.1 Å². The maximum atomic E-state index is 12.5. The van der Waals surface area contributed by atoms with E-state index in [9.17, 15) is 9.59 Å². The van der Waals surface area contributed by atoms with Gasteiger partial charge in [0.1, 0.15) is 0 Å². The quantitative estimate of drug-likeness (QED) is 0.808. The Morgan fingerprint density at radius 3 is 2.64 bits per heavy atom. The zero-order valence-corrected chi connectivity index (χ0v) is 16.2. The molecule has 1 saturated heterocycles. The molecule has 0 aromatic carbocycles. The average molecular weight is 364 g/mol. The summed E-state index contributed by atoms with van der Waals surface area (Å²) < 4.78 is 0. The molecule has 3 heterocycles. The SMILES string of the molecule is CN(C)C(=O)c1cc2c(s1)CCN(C(=O)CCCN1CCCCC1)C2. The van der Waals surface area contributed by atoms with E-state index in [1.54, 1.807) is 30.3 Å². The summed E-state index contributed by atoms with van der Waals surface area (Å²) in [5, 5.41) is 0. The van der Waals surface area contributed by atoms with Gasteiger partial charge in [0.15, 0.2) is 0 Å². The Morgan fingerprint density at radius 1 is 1.16 bits per heavy atom. The predicted octanol–water partition coefficient (Wildman–Crippen LogP) is 2.60. The Bertz CT molecular complexity index is 620. The first-order valence-corrected chi connectivity index (χ1v) is 10.2. The van der Waals surface area contributed by atoms with E-state index in [4.69, 9.17) is 0 Å². The molecule has 2 amide bonds. The molecule has 0 unspecified atom stereocenters. The number of thiophene rings is 1. The van der Waals surface area contributed by atoms with Crippen LogP contribution in [0.25, 0.3) is 0 Å². The van der Waals surface area contributed by atoms with Crippen LogP contribution < -0.4 is 0 Å². The summed E-state index contributed by atoms with van der Waals surface area (Å²) in [4.78, 5) is 32.8. The van der Waals surface area contributed by atoms with Crippen molar-refractivity contribution < 1.29 is 9.59 Å². The molecular weight excluding hydrogens is 334 g/mol. The number of nitrogens with zero attached hydrogens (tertiary/aromatic N) is 3. The molecule has 25 heavy (non-hydrogen) atoms. The average Bonchev–Trinajstić information content (AvgIpc) is 3.04. The first-order valence-electron chi connectivity index (χ1n) is 9.38. The monoisotopic (exact) mass is 363 g/mol. The third-order valence-corrected chi connectivity index (χ3v) is 6.38. The summed E-state index contributed by atoms with van der Waals surface area (Å²) in [6, 6.07) is 1.98. The van der Waals surface area contributed by atoms with Crippen LogP contribution >= 0.6 is 11.3 Å². The molecule has 3 rings (SSSR count). The van der Waals surface area contributed by atoms with E-state index < -0.39 is 0 Å². The highest BCUT2D eigenvalue weighted by Gasteiger charge is 2.24. The second kappa shape index (κ2) is 8.32. The number of piperidine rings is 1. The van der Waals surface area contributed by atoms with Crippen LogP contribution in [0.2, 0.25) is 0 Å². The number of hydrogen-bond donors (Lipinski definition) is 0. The fourth-order valence-corrected chi connectivity index (χ4v) is 4.85. The lowest BCUT2D eigenvalue weighted by atomic mass is 10.1. The van der Waals surface area contributed by atoms with Crippen molar-refractivity contribution >= 4 is 23.2 Å². The maximum absolute atomic E-state index is 12.5. The molecule has 0 N–H and O–H groups in total. The molecule has 2 aliphatic rings. The zero-order valence-electron chi connectivity index (χ0n) is 15.4. The van der Waals surface area contributed by atoms with E-state index in [0.29, 0.717) is 13.0 Å². The molecule has 1 aromatic heterocycles. The lowest BCUT2D eigenvalue weighted by Gasteiger charge is -2.28. The summed E-state index contributed by atoms with van der Waals surface area (Å²) in [6.45, 7) is 4.88. The van der Waals surface area contributed by atoms with E-state index in [-0.39, 0.29) is 11.8 Å². The number of likely N-dealkylation sites (tertiary alicyclic amines) is 1. The molecule has 1 aromatic rings. The first kappa shape index (κ1) is 18.4. The molecule has 0 radical (unpaired) electrons. The highest BCUT2D eigenvalue weighted by Crippen LogP contribution is 2.29. The lowest BCUT2D eigenvalue weighted by molar-refractivity contribution is -0.132. The van der Waals surface area contributed by atoms with Gasteiger partial charge < -0.3 is 14.7 Å². The summed E-state index contributed by atoms with van der Waals surface area (Å²) in [6.07, 6.45) is 6.42. The van der Waals surface area contributed by atoms with Crippen molar-refractivity contribution in [3.05, 3.63) is 21.4 Å². The van der Waals surface area contributed by atoms with Crippen LogP contribution in [0.5, 0.6) is 0 Å². The minimum absolute atomic E-state index is 0.0545. The standard InChI is InChI=1S/C19H29N3O2S/c1-20(2)19(24)17-13-15-14-22(12-8-16(15)25-17)18(23)7-6-11-21-9-4-3-5-10-21/h13H,3-12,14H2,1-2H3.